The molecule has 3 aromatic rings. The number of nitrogens with one attached hydrogen (secondary N) is 1. The fourth-order valence-electron chi connectivity index (χ4n) is 2.70. The maximum absolute atomic E-state index is 13.0. The van der Waals surface area contributed by atoms with Crippen LogP contribution in [0, 0.1) is 0 Å². The minimum absolute atomic E-state index is 0.193. The van der Waals surface area contributed by atoms with Gasteiger partial charge in [-0.3, -0.25) is 9.48 Å². The highest BCUT2D eigenvalue weighted by Crippen LogP contribution is 2.38. The number of halogens is 11. The van der Waals surface area contributed by atoms with Gasteiger partial charge in [-0.25, -0.2) is 13.4 Å². The fraction of sp³-hybridized carbons (Fsp3) is 0.250. The van der Waals surface area contributed by atoms with Crippen molar-refractivity contribution in [1.82, 2.24) is 14.8 Å². The SMILES string of the molecule is CS(=O)(=O)c1c(Cl)c(Cl)nc(Cl)c1Cl.Cn1cc(C(=O)Nc2ccccc2OC(F)(F)C(F)F)c(C(F)(F)F)n1. The molecular formula is C20H13Cl4F7N4O4S. The summed E-state index contributed by atoms with van der Waals surface area (Å²) in [5.41, 5.74) is -2.89. The minimum Gasteiger partial charge on any atom is -0.426 e. The molecule has 0 bridgehead atoms. The van der Waals surface area contributed by atoms with Crippen molar-refractivity contribution >= 4 is 67.8 Å². The second kappa shape index (κ2) is 12.5. The molecule has 2 heterocycles. The van der Waals surface area contributed by atoms with Crippen molar-refractivity contribution in [3.63, 3.8) is 0 Å². The van der Waals surface area contributed by atoms with Crippen LogP contribution >= 0.6 is 46.4 Å². The van der Waals surface area contributed by atoms with Gasteiger partial charge < -0.3 is 10.1 Å². The first kappa shape index (κ1) is 33.7. The van der Waals surface area contributed by atoms with E-state index in [2.05, 4.69) is 14.8 Å². The van der Waals surface area contributed by atoms with E-state index in [0.717, 1.165) is 42.4 Å². The van der Waals surface area contributed by atoms with Crippen LogP contribution < -0.4 is 10.1 Å². The number of rotatable bonds is 6. The summed E-state index contributed by atoms with van der Waals surface area (Å²) >= 11 is 22.4. The molecule has 0 aliphatic carbocycles. The molecule has 0 saturated carbocycles. The number of aromatic nitrogens is 3. The number of benzene rings is 1. The summed E-state index contributed by atoms with van der Waals surface area (Å²) in [7, 11) is -2.44. The number of amides is 1. The first-order valence-corrected chi connectivity index (χ1v) is 13.3. The van der Waals surface area contributed by atoms with Gasteiger partial charge in [0.25, 0.3) is 5.91 Å². The summed E-state index contributed by atoms with van der Waals surface area (Å²) < 4.78 is 116. The predicted octanol–water partition coefficient (Wildman–Crippen LogP) is 7.03. The molecule has 0 atom stereocenters. The summed E-state index contributed by atoms with van der Waals surface area (Å²) in [4.78, 5) is 15.3. The molecule has 2 aromatic heterocycles. The van der Waals surface area contributed by atoms with Gasteiger partial charge in [0.05, 0.1) is 21.3 Å². The first-order valence-electron chi connectivity index (χ1n) is 9.93. The summed E-state index contributed by atoms with van der Waals surface area (Å²) in [6.45, 7) is 0. The van der Waals surface area contributed by atoms with Gasteiger partial charge in [-0.2, -0.15) is 35.8 Å². The van der Waals surface area contributed by atoms with Gasteiger partial charge in [-0.1, -0.05) is 58.5 Å². The number of alkyl halides is 7. The number of carbonyl (C=O) groups is 1. The molecule has 0 unspecified atom stereocenters. The third-order valence-corrected chi connectivity index (χ3v) is 7.16. The quantitative estimate of drug-likeness (QED) is 0.222. The van der Waals surface area contributed by atoms with Crippen molar-refractivity contribution in [2.75, 3.05) is 11.6 Å². The summed E-state index contributed by atoms with van der Waals surface area (Å²) in [6.07, 6.45) is -12.2. The van der Waals surface area contributed by atoms with Crippen molar-refractivity contribution in [2.45, 2.75) is 23.6 Å². The Kier molecular flexibility index (Phi) is 10.6. The van der Waals surface area contributed by atoms with Gasteiger partial charge in [-0.15, -0.1) is 0 Å². The van der Waals surface area contributed by atoms with Crippen molar-refractivity contribution in [3.05, 3.63) is 62.1 Å². The second-order valence-electron chi connectivity index (χ2n) is 7.40. The van der Waals surface area contributed by atoms with Crippen molar-refractivity contribution in [2.24, 2.45) is 7.05 Å². The van der Waals surface area contributed by atoms with Crippen molar-refractivity contribution in [1.29, 1.82) is 0 Å². The maximum atomic E-state index is 13.0. The van der Waals surface area contributed by atoms with E-state index in [4.69, 9.17) is 46.4 Å². The average Bonchev–Trinajstić information content (AvgIpc) is 3.21. The van der Waals surface area contributed by atoms with Crippen LogP contribution in [-0.2, 0) is 23.1 Å². The van der Waals surface area contributed by atoms with E-state index in [1.165, 1.54) is 6.07 Å². The van der Waals surface area contributed by atoms with E-state index in [9.17, 15) is 43.9 Å². The number of anilines is 1. The lowest BCUT2D eigenvalue weighted by atomic mass is 10.2. The fourth-order valence-corrected chi connectivity index (χ4v) is 5.22. The minimum atomic E-state index is -4.94. The van der Waals surface area contributed by atoms with Gasteiger partial charge in [0.15, 0.2) is 25.8 Å². The van der Waals surface area contributed by atoms with Crippen LogP contribution in [0.4, 0.5) is 36.4 Å². The van der Waals surface area contributed by atoms with Crippen molar-refractivity contribution < 1.29 is 48.7 Å². The lowest BCUT2D eigenvalue weighted by Crippen LogP contribution is -2.33. The van der Waals surface area contributed by atoms with Crippen LogP contribution in [0.15, 0.2) is 35.4 Å². The topological polar surface area (TPSA) is 103 Å². The molecule has 0 aliphatic heterocycles. The Morgan fingerprint density at radius 1 is 1.02 bits per heavy atom. The molecule has 1 N–H and O–H groups in total. The molecule has 8 nitrogen and oxygen atoms in total. The average molecular weight is 680 g/mol. The van der Waals surface area contributed by atoms with E-state index in [-0.39, 0.29) is 25.2 Å². The zero-order valence-corrected chi connectivity index (χ0v) is 23.3. The number of sulfone groups is 1. The van der Waals surface area contributed by atoms with Crippen LogP contribution in [0.3, 0.4) is 0 Å². The predicted molar refractivity (Wildman–Crippen MR) is 132 cm³/mol. The van der Waals surface area contributed by atoms with Crippen LogP contribution in [0.1, 0.15) is 16.1 Å². The number of aryl methyl sites for hydroxylation is 1. The third kappa shape index (κ3) is 8.25. The molecule has 1 aromatic carbocycles. The summed E-state index contributed by atoms with van der Waals surface area (Å²) in [5, 5.41) is 4.22. The number of pyridine rings is 1. The van der Waals surface area contributed by atoms with Crippen LogP contribution in [-0.4, -0.2) is 47.9 Å². The first-order chi connectivity index (χ1) is 18.2. The highest BCUT2D eigenvalue weighted by Gasteiger charge is 2.44. The Morgan fingerprint density at radius 3 is 2.02 bits per heavy atom. The standard InChI is InChI=1S/C14H10F7N3O2.C6H3Cl4NO2S/c1-24-6-7(10(23-24)13(17,18)19)11(25)22-8-4-2-3-5-9(8)26-14(20,21)12(15)16;1-14(12,13)4-2(7)5(9)11-6(10)3(4)8/h2-6,12H,1H3,(H,22,25);1H3. The molecule has 220 valence electrons. The Bertz CT molecular complexity index is 1490. The van der Waals surface area contributed by atoms with Gasteiger partial charge >= 0.3 is 18.7 Å². The number of hydrogen-bond donors (Lipinski definition) is 1. The Morgan fingerprint density at radius 2 is 1.55 bits per heavy atom. The van der Waals surface area contributed by atoms with Gasteiger partial charge in [0.1, 0.15) is 10.6 Å². The van der Waals surface area contributed by atoms with Gasteiger partial charge in [-0.05, 0) is 12.1 Å². The third-order valence-electron chi connectivity index (χ3n) is 4.31. The van der Waals surface area contributed by atoms with Crippen molar-refractivity contribution in [3.8, 4) is 5.75 Å². The zero-order valence-electron chi connectivity index (χ0n) is 19.5. The second-order valence-corrected chi connectivity index (χ2v) is 10.8. The molecule has 0 aliphatic rings. The maximum Gasteiger partial charge on any atom is 0.461 e. The van der Waals surface area contributed by atoms with Gasteiger partial charge in [0, 0.05) is 19.5 Å². The Balaban J connectivity index is 0.000000337. The van der Waals surface area contributed by atoms with E-state index < -0.39 is 57.1 Å². The molecule has 0 fully saturated rings. The molecule has 40 heavy (non-hydrogen) atoms. The lowest BCUT2D eigenvalue weighted by Gasteiger charge is -2.19. The molecule has 1 amide bonds. The molecule has 0 radical (unpaired) electrons. The van der Waals surface area contributed by atoms with E-state index in [0.29, 0.717) is 0 Å². The number of nitrogens with zero attached hydrogens (tertiary/aromatic N) is 3. The normalized spacial score (nSPS) is 12.2. The molecule has 0 saturated heterocycles. The number of ether oxygens (including phenoxy) is 1. The monoisotopic (exact) mass is 678 g/mol. The molecular weight excluding hydrogens is 667 g/mol. The highest BCUT2D eigenvalue weighted by atomic mass is 35.5. The largest absolute Gasteiger partial charge is 0.461 e. The molecule has 3 rings (SSSR count). The molecule has 20 heteroatoms. The Labute approximate surface area is 240 Å². The Hall–Kier alpha value is -2.53. The van der Waals surface area contributed by atoms with E-state index in [1.54, 1.807) is 0 Å². The highest BCUT2D eigenvalue weighted by molar-refractivity contribution is 7.91. The van der Waals surface area contributed by atoms with Crippen LogP contribution in [0.25, 0.3) is 0 Å². The summed E-state index contributed by atoms with van der Waals surface area (Å²) in [5.74, 6) is -2.18. The van der Waals surface area contributed by atoms with Crippen LogP contribution in [0.5, 0.6) is 5.75 Å². The summed E-state index contributed by atoms with van der Waals surface area (Å²) in [6, 6.07) is 4.23. The van der Waals surface area contributed by atoms with E-state index >= 15 is 0 Å². The van der Waals surface area contributed by atoms with Gasteiger partial charge in [0.2, 0.25) is 0 Å². The van der Waals surface area contributed by atoms with Crippen LogP contribution in [0.2, 0.25) is 20.4 Å². The smallest absolute Gasteiger partial charge is 0.426 e. The number of hydrogen-bond acceptors (Lipinski definition) is 6. The zero-order chi connectivity index (χ0) is 30.8. The van der Waals surface area contributed by atoms with E-state index in [1.807, 2.05) is 5.32 Å². The lowest BCUT2D eigenvalue weighted by molar-refractivity contribution is -0.252. The number of para-hydroxylation sites is 2. The number of carbonyl (C=O) groups excluding carboxylic acids is 1. The molecule has 0 spiro atoms.